The molecule has 0 saturated carbocycles. The quantitative estimate of drug-likeness (QED) is 0.335. The van der Waals surface area contributed by atoms with Crippen LogP contribution in [0.4, 0.5) is 13.2 Å². The van der Waals surface area contributed by atoms with Gasteiger partial charge in [-0.15, -0.1) is 0 Å². The lowest BCUT2D eigenvalue weighted by molar-refractivity contribution is -0.137. The largest absolute Gasteiger partial charge is 0.459 e. The summed E-state index contributed by atoms with van der Waals surface area (Å²) in [6, 6.07) is 12.8. The van der Waals surface area contributed by atoms with Crippen molar-refractivity contribution in [3.8, 4) is 23.4 Å². The van der Waals surface area contributed by atoms with Crippen LogP contribution in [0.3, 0.4) is 0 Å². The summed E-state index contributed by atoms with van der Waals surface area (Å²) in [6.07, 6.45) is -3.92. The topological polar surface area (TPSA) is 72.2 Å². The number of rotatable bonds is 7. The number of ketones is 1. The maximum atomic E-state index is 12.9. The molecule has 0 aliphatic heterocycles. The molecule has 5 nitrogen and oxygen atoms in total. The average molecular weight is 509 g/mol. The number of benzene rings is 2. The van der Waals surface area contributed by atoms with Crippen LogP contribution >= 0.6 is 23.2 Å². The van der Waals surface area contributed by atoms with E-state index in [0.717, 1.165) is 17.7 Å². The molecule has 0 N–H and O–H groups in total. The van der Waals surface area contributed by atoms with Crippen molar-refractivity contribution < 1.29 is 27.4 Å². The van der Waals surface area contributed by atoms with Gasteiger partial charge in [0.05, 0.1) is 10.6 Å². The Morgan fingerprint density at radius 3 is 2.38 bits per heavy atom. The Hall–Kier alpha value is -3.28. The highest BCUT2D eigenvalue weighted by atomic mass is 35.5. The average Bonchev–Trinajstić information content (AvgIpc) is 2.79. The first kappa shape index (κ1) is 25.3. The van der Waals surface area contributed by atoms with E-state index in [0.29, 0.717) is 6.20 Å². The van der Waals surface area contributed by atoms with Gasteiger partial charge < -0.3 is 9.47 Å². The summed E-state index contributed by atoms with van der Waals surface area (Å²) in [5, 5.41) is 10.3. The molecule has 1 atom stereocenters. The van der Waals surface area contributed by atoms with Crippen molar-refractivity contribution in [3.63, 3.8) is 0 Å². The zero-order valence-corrected chi connectivity index (χ0v) is 19.4. The fraction of sp³-hybridized carbons (Fsp3) is 0.208. The van der Waals surface area contributed by atoms with E-state index in [4.69, 9.17) is 32.7 Å². The molecule has 3 rings (SSSR count). The van der Waals surface area contributed by atoms with Gasteiger partial charge in [0, 0.05) is 35.3 Å². The first-order valence-corrected chi connectivity index (χ1v) is 10.7. The van der Waals surface area contributed by atoms with Gasteiger partial charge in [0.25, 0.3) is 5.60 Å². The van der Waals surface area contributed by atoms with Crippen LogP contribution in [0.15, 0.2) is 54.7 Å². The molecule has 0 aliphatic rings. The van der Waals surface area contributed by atoms with Gasteiger partial charge in [0.1, 0.15) is 17.6 Å². The van der Waals surface area contributed by atoms with Crippen LogP contribution in [0, 0.1) is 18.3 Å². The molecule has 3 aromatic rings. The molecule has 1 unspecified atom stereocenters. The van der Waals surface area contributed by atoms with Crippen molar-refractivity contribution in [1.29, 1.82) is 5.26 Å². The molecular weight excluding hydrogens is 492 g/mol. The van der Waals surface area contributed by atoms with E-state index in [1.807, 2.05) is 6.07 Å². The zero-order chi connectivity index (χ0) is 25.1. The van der Waals surface area contributed by atoms with E-state index in [-0.39, 0.29) is 39.4 Å². The van der Waals surface area contributed by atoms with Gasteiger partial charge in [-0.3, -0.25) is 4.79 Å². The number of pyridine rings is 1. The number of hydrogen-bond donors (Lipinski definition) is 0. The predicted octanol–water partition coefficient (Wildman–Crippen LogP) is 7.28. The van der Waals surface area contributed by atoms with Crippen molar-refractivity contribution in [3.05, 3.63) is 81.5 Å². The van der Waals surface area contributed by atoms with Crippen LogP contribution in [-0.2, 0) is 16.6 Å². The number of carbonyl (C=O) groups excluding carboxylic acids is 1. The van der Waals surface area contributed by atoms with E-state index in [1.54, 1.807) is 26.0 Å². The van der Waals surface area contributed by atoms with Crippen LogP contribution in [0.2, 0.25) is 10.0 Å². The van der Waals surface area contributed by atoms with Gasteiger partial charge in [-0.1, -0.05) is 42.3 Å². The van der Waals surface area contributed by atoms with Gasteiger partial charge in [-0.25, -0.2) is 4.98 Å². The standard InChI is InChI=1S/C24H17Cl2F3N2O3/c1-3-21(32)23(13-30,17-7-4-14(2)10-19(17)26)34-20-11-16(6-8-18(20)25)33-22-9-5-15(12-31-22)24(27,28)29/h4-12H,3H2,1-2H3. The van der Waals surface area contributed by atoms with Crippen LogP contribution in [-0.4, -0.2) is 10.8 Å². The molecule has 0 aliphatic carbocycles. The molecule has 10 heteroatoms. The smallest absolute Gasteiger partial charge is 0.417 e. The number of nitriles is 1. The first-order chi connectivity index (χ1) is 16.0. The maximum absolute atomic E-state index is 12.9. The molecule has 1 heterocycles. The summed E-state index contributed by atoms with van der Waals surface area (Å²) < 4.78 is 49.7. The van der Waals surface area contributed by atoms with Crippen molar-refractivity contribution in [1.82, 2.24) is 4.98 Å². The van der Waals surface area contributed by atoms with E-state index in [2.05, 4.69) is 4.98 Å². The zero-order valence-electron chi connectivity index (χ0n) is 17.9. The van der Waals surface area contributed by atoms with Crippen molar-refractivity contribution in [2.45, 2.75) is 32.0 Å². The fourth-order valence-corrected chi connectivity index (χ4v) is 3.61. The van der Waals surface area contributed by atoms with Gasteiger partial charge in [-0.05, 0) is 36.8 Å². The molecule has 0 bridgehead atoms. The molecule has 0 saturated heterocycles. The van der Waals surface area contributed by atoms with Crippen LogP contribution in [0.5, 0.6) is 17.4 Å². The SMILES string of the molecule is CCC(=O)C(C#N)(Oc1cc(Oc2ccc(C(F)(F)F)cn2)ccc1Cl)c1ccc(C)cc1Cl. The van der Waals surface area contributed by atoms with Crippen LogP contribution in [0.25, 0.3) is 0 Å². The lowest BCUT2D eigenvalue weighted by Crippen LogP contribution is -2.40. The second-order valence-electron chi connectivity index (χ2n) is 7.23. The highest BCUT2D eigenvalue weighted by molar-refractivity contribution is 6.32. The third kappa shape index (κ3) is 5.27. The predicted molar refractivity (Wildman–Crippen MR) is 120 cm³/mol. The molecular formula is C24H17Cl2F3N2O3. The van der Waals surface area contributed by atoms with Gasteiger partial charge in [-0.2, -0.15) is 18.4 Å². The normalized spacial score (nSPS) is 13.0. The molecule has 34 heavy (non-hydrogen) atoms. The third-order valence-electron chi connectivity index (χ3n) is 4.83. The monoisotopic (exact) mass is 508 g/mol. The Morgan fingerprint density at radius 2 is 1.82 bits per heavy atom. The molecule has 0 amide bonds. The Kier molecular flexibility index (Phi) is 7.39. The van der Waals surface area contributed by atoms with Gasteiger partial charge in [0.15, 0.2) is 5.78 Å². The molecule has 0 spiro atoms. The lowest BCUT2D eigenvalue weighted by atomic mass is 9.88. The Bertz CT molecular complexity index is 1260. The number of alkyl halides is 3. The molecule has 1 aromatic heterocycles. The van der Waals surface area contributed by atoms with E-state index in [9.17, 15) is 23.2 Å². The summed E-state index contributed by atoms with van der Waals surface area (Å²) in [5.41, 5.74) is -2.04. The van der Waals surface area contributed by atoms with E-state index in [1.165, 1.54) is 24.3 Å². The summed E-state index contributed by atoms with van der Waals surface area (Å²) in [5.74, 6) is -0.616. The number of aromatic nitrogens is 1. The molecule has 2 aromatic carbocycles. The minimum Gasteiger partial charge on any atom is -0.459 e. The fourth-order valence-electron chi connectivity index (χ4n) is 3.08. The number of ether oxygens (including phenoxy) is 2. The number of Topliss-reactive ketones (excluding diaryl/α,β-unsaturated/α-hetero) is 1. The van der Waals surface area contributed by atoms with E-state index >= 15 is 0 Å². The first-order valence-electron chi connectivity index (χ1n) is 9.91. The van der Waals surface area contributed by atoms with Crippen molar-refractivity contribution in [2.75, 3.05) is 0 Å². The van der Waals surface area contributed by atoms with Gasteiger partial charge >= 0.3 is 6.18 Å². The lowest BCUT2D eigenvalue weighted by Gasteiger charge is -2.28. The van der Waals surface area contributed by atoms with Crippen LogP contribution < -0.4 is 9.47 Å². The Labute approximate surface area is 203 Å². The summed E-state index contributed by atoms with van der Waals surface area (Å²) >= 11 is 12.6. The number of nitrogens with zero attached hydrogens (tertiary/aromatic N) is 2. The highest BCUT2D eigenvalue weighted by Crippen LogP contribution is 2.40. The Balaban J connectivity index is 1.99. The molecule has 0 fully saturated rings. The van der Waals surface area contributed by atoms with E-state index < -0.39 is 23.1 Å². The molecule has 0 radical (unpaired) electrons. The second kappa shape index (κ2) is 9.92. The third-order valence-corrected chi connectivity index (χ3v) is 5.45. The van der Waals surface area contributed by atoms with Gasteiger partial charge in [0.2, 0.25) is 5.88 Å². The Morgan fingerprint density at radius 1 is 1.09 bits per heavy atom. The van der Waals surface area contributed by atoms with Crippen molar-refractivity contribution >= 4 is 29.0 Å². The number of hydrogen-bond acceptors (Lipinski definition) is 5. The van der Waals surface area contributed by atoms with Crippen molar-refractivity contribution in [2.24, 2.45) is 0 Å². The highest BCUT2D eigenvalue weighted by Gasteiger charge is 2.44. The summed E-state index contributed by atoms with van der Waals surface area (Å²) in [6.45, 7) is 3.39. The minimum atomic E-state index is -4.53. The molecule has 176 valence electrons. The second-order valence-corrected chi connectivity index (χ2v) is 8.05. The summed E-state index contributed by atoms with van der Waals surface area (Å²) in [4.78, 5) is 16.6. The maximum Gasteiger partial charge on any atom is 0.417 e. The number of carbonyl (C=O) groups is 1. The number of halogens is 5. The van der Waals surface area contributed by atoms with Crippen LogP contribution in [0.1, 0.15) is 30.0 Å². The minimum absolute atomic E-state index is 0.0267. The summed E-state index contributed by atoms with van der Waals surface area (Å²) in [7, 11) is 0. The number of aryl methyl sites for hydroxylation is 1.